The number of aryl methyl sites for hydroxylation is 1. The SMILES string of the molecule is CCC1=CC(C)C/C=C(\C)C(C)=C1Nc1ccc(F)cc1C. The topological polar surface area (TPSA) is 12.0 Å². The molecule has 1 aromatic rings. The van der Waals surface area contributed by atoms with E-state index in [9.17, 15) is 4.39 Å². The largest absolute Gasteiger partial charge is 0.355 e. The van der Waals surface area contributed by atoms with Crippen LogP contribution in [0.4, 0.5) is 10.1 Å². The van der Waals surface area contributed by atoms with E-state index < -0.39 is 0 Å². The Morgan fingerprint density at radius 2 is 1.95 bits per heavy atom. The maximum atomic E-state index is 13.3. The molecular weight excluding hydrogens is 273 g/mol. The predicted molar refractivity (Wildman–Crippen MR) is 93.4 cm³/mol. The van der Waals surface area contributed by atoms with E-state index in [-0.39, 0.29) is 5.82 Å². The summed E-state index contributed by atoms with van der Waals surface area (Å²) in [6, 6.07) is 4.90. The van der Waals surface area contributed by atoms with Gasteiger partial charge in [-0.3, -0.25) is 0 Å². The standard InChI is InChI=1S/C20H26FN/c1-6-17-11-13(2)7-8-14(3)16(5)20(17)22-19-10-9-18(21)12-15(19)4/h8-13,22H,6-7H2,1-5H3/b14-8+,17-11?,20-16?. The average molecular weight is 299 g/mol. The summed E-state index contributed by atoms with van der Waals surface area (Å²) in [6.45, 7) is 10.7. The molecule has 2 rings (SSSR count). The van der Waals surface area contributed by atoms with Crippen LogP contribution in [0.25, 0.3) is 0 Å². The first kappa shape index (κ1) is 16.5. The highest BCUT2D eigenvalue weighted by atomic mass is 19.1. The summed E-state index contributed by atoms with van der Waals surface area (Å²) in [4.78, 5) is 0. The fourth-order valence-corrected chi connectivity index (χ4v) is 2.82. The Morgan fingerprint density at radius 3 is 2.59 bits per heavy atom. The third-order valence-corrected chi connectivity index (χ3v) is 4.40. The van der Waals surface area contributed by atoms with Gasteiger partial charge in [0, 0.05) is 11.4 Å². The van der Waals surface area contributed by atoms with Crippen LogP contribution in [0.2, 0.25) is 0 Å². The fraction of sp³-hybridized carbons (Fsp3) is 0.400. The lowest BCUT2D eigenvalue weighted by molar-refractivity contribution is 0.627. The van der Waals surface area contributed by atoms with E-state index in [1.165, 1.54) is 22.8 Å². The van der Waals surface area contributed by atoms with Crippen LogP contribution in [-0.2, 0) is 0 Å². The lowest BCUT2D eigenvalue weighted by Crippen LogP contribution is -2.10. The van der Waals surface area contributed by atoms with Gasteiger partial charge in [0.25, 0.3) is 0 Å². The van der Waals surface area contributed by atoms with Crippen LogP contribution >= 0.6 is 0 Å². The monoisotopic (exact) mass is 299 g/mol. The molecule has 1 nitrogen and oxygen atoms in total. The zero-order chi connectivity index (χ0) is 16.3. The minimum absolute atomic E-state index is 0.192. The third-order valence-electron chi connectivity index (χ3n) is 4.40. The number of hydrogen-bond donors (Lipinski definition) is 1. The van der Waals surface area contributed by atoms with Gasteiger partial charge in [-0.05, 0) is 74.4 Å². The molecule has 0 aliphatic heterocycles. The van der Waals surface area contributed by atoms with E-state index in [0.29, 0.717) is 5.92 Å². The van der Waals surface area contributed by atoms with Crippen molar-refractivity contribution >= 4 is 5.69 Å². The Balaban J connectivity index is 2.49. The highest BCUT2D eigenvalue weighted by molar-refractivity contribution is 5.61. The van der Waals surface area contributed by atoms with Crippen molar-refractivity contribution in [2.75, 3.05) is 5.32 Å². The molecule has 0 amide bonds. The number of allylic oxidation sites excluding steroid dienone is 5. The molecule has 118 valence electrons. The second-order valence-electron chi connectivity index (χ2n) is 6.23. The van der Waals surface area contributed by atoms with Crippen molar-refractivity contribution in [3.63, 3.8) is 0 Å². The first-order valence-corrected chi connectivity index (χ1v) is 8.04. The summed E-state index contributed by atoms with van der Waals surface area (Å²) in [5, 5.41) is 3.55. The highest BCUT2D eigenvalue weighted by Gasteiger charge is 2.14. The lowest BCUT2D eigenvalue weighted by Gasteiger charge is -2.22. The Kier molecular flexibility index (Phi) is 5.23. The molecule has 22 heavy (non-hydrogen) atoms. The summed E-state index contributed by atoms with van der Waals surface area (Å²) in [5.74, 6) is 0.339. The van der Waals surface area contributed by atoms with Crippen molar-refractivity contribution in [3.8, 4) is 0 Å². The maximum absolute atomic E-state index is 13.3. The third kappa shape index (κ3) is 3.68. The quantitative estimate of drug-likeness (QED) is 0.706. The van der Waals surface area contributed by atoms with Gasteiger partial charge in [-0.1, -0.05) is 31.6 Å². The zero-order valence-corrected chi connectivity index (χ0v) is 14.3. The Labute approximate surface area is 133 Å². The highest BCUT2D eigenvalue weighted by Crippen LogP contribution is 2.30. The zero-order valence-electron chi connectivity index (χ0n) is 14.3. The van der Waals surface area contributed by atoms with E-state index in [4.69, 9.17) is 0 Å². The predicted octanol–water partition coefficient (Wildman–Crippen LogP) is 6.14. The van der Waals surface area contributed by atoms with Crippen LogP contribution in [0.15, 0.2) is 52.8 Å². The summed E-state index contributed by atoms with van der Waals surface area (Å²) >= 11 is 0. The van der Waals surface area contributed by atoms with Gasteiger partial charge in [0.15, 0.2) is 0 Å². The van der Waals surface area contributed by atoms with Gasteiger partial charge in [-0.15, -0.1) is 0 Å². The van der Waals surface area contributed by atoms with Crippen molar-refractivity contribution < 1.29 is 4.39 Å². The Hall–Kier alpha value is -1.83. The molecule has 2 heteroatoms. The molecule has 0 radical (unpaired) electrons. The second kappa shape index (κ2) is 6.95. The first-order chi connectivity index (χ1) is 10.4. The van der Waals surface area contributed by atoms with E-state index in [0.717, 1.165) is 29.8 Å². The van der Waals surface area contributed by atoms with E-state index in [1.807, 2.05) is 13.0 Å². The number of anilines is 1. The molecule has 1 aliphatic rings. The molecule has 1 atom stereocenters. The normalized spacial score (nSPS) is 21.6. The Morgan fingerprint density at radius 1 is 1.23 bits per heavy atom. The van der Waals surface area contributed by atoms with Crippen molar-refractivity contribution in [3.05, 3.63) is 64.1 Å². The van der Waals surface area contributed by atoms with Crippen LogP contribution in [0.3, 0.4) is 0 Å². The molecule has 0 saturated heterocycles. The number of halogens is 1. The van der Waals surface area contributed by atoms with Gasteiger partial charge in [-0.2, -0.15) is 0 Å². The Bertz CT molecular complexity index is 650. The number of benzene rings is 1. The molecule has 1 N–H and O–H groups in total. The molecule has 0 aromatic heterocycles. The van der Waals surface area contributed by atoms with Crippen molar-refractivity contribution in [1.82, 2.24) is 0 Å². The molecule has 1 aliphatic carbocycles. The van der Waals surface area contributed by atoms with E-state index in [1.54, 1.807) is 6.07 Å². The van der Waals surface area contributed by atoms with Crippen molar-refractivity contribution in [1.29, 1.82) is 0 Å². The molecular formula is C20H26FN. The van der Waals surface area contributed by atoms with Crippen LogP contribution in [-0.4, -0.2) is 0 Å². The number of nitrogens with one attached hydrogen (secondary N) is 1. The van der Waals surface area contributed by atoms with E-state index in [2.05, 4.69) is 45.2 Å². The summed E-state index contributed by atoms with van der Waals surface area (Å²) in [6.07, 6.45) is 6.73. The van der Waals surface area contributed by atoms with E-state index >= 15 is 0 Å². The molecule has 0 spiro atoms. The van der Waals surface area contributed by atoms with Gasteiger partial charge in [0.1, 0.15) is 5.82 Å². The maximum Gasteiger partial charge on any atom is 0.123 e. The summed E-state index contributed by atoms with van der Waals surface area (Å²) in [7, 11) is 0. The molecule has 1 aromatic carbocycles. The van der Waals surface area contributed by atoms with Crippen molar-refractivity contribution in [2.24, 2.45) is 5.92 Å². The van der Waals surface area contributed by atoms with Gasteiger partial charge in [0.05, 0.1) is 0 Å². The van der Waals surface area contributed by atoms with Crippen LogP contribution in [0.5, 0.6) is 0 Å². The summed E-state index contributed by atoms with van der Waals surface area (Å²) < 4.78 is 13.3. The molecule has 0 fully saturated rings. The summed E-state index contributed by atoms with van der Waals surface area (Å²) in [5.41, 5.74) is 6.97. The molecule has 0 saturated carbocycles. The minimum atomic E-state index is -0.192. The smallest absolute Gasteiger partial charge is 0.123 e. The van der Waals surface area contributed by atoms with Crippen LogP contribution in [0.1, 0.15) is 46.1 Å². The van der Waals surface area contributed by atoms with Gasteiger partial charge >= 0.3 is 0 Å². The second-order valence-corrected chi connectivity index (χ2v) is 6.23. The fourth-order valence-electron chi connectivity index (χ4n) is 2.82. The van der Waals surface area contributed by atoms with Gasteiger partial charge in [-0.25, -0.2) is 4.39 Å². The average Bonchev–Trinajstić information content (AvgIpc) is 2.48. The lowest BCUT2D eigenvalue weighted by atomic mass is 9.91. The number of hydrogen-bond acceptors (Lipinski definition) is 1. The molecule has 0 bridgehead atoms. The van der Waals surface area contributed by atoms with Gasteiger partial charge in [0.2, 0.25) is 0 Å². The molecule has 0 heterocycles. The van der Waals surface area contributed by atoms with Crippen LogP contribution < -0.4 is 5.32 Å². The minimum Gasteiger partial charge on any atom is -0.355 e. The van der Waals surface area contributed by atoms with Crippen LogP contribution in [0, 0.1) is 18.7 Å². The first-order valence-electron chi connectivity index (χ1n) is 8.04. The molecule has 1 unspecified atom stereocenters. The van der Waals surface area contributed by atoms with Gasteiger partial charge < -0.3 is 5.32 Å². The van der Waals surface area contributed by atoms with Crippen molar-refractivity contribution in [2.45, 2.75) is 47.5 Å². The number of rotatable bonds is 3.